The van der Waals surface area contributed by atoms with Crippen LogP contribution in [0.2, 0.25) is 0 Å². The van der Waals surface area contributed by atoms with Crippen LogP contribution in [0.5, 0.6) is 5.88 Å². The number of nitrogens with zero attached hydrogens (tertiary/aromatic N) is 2. The van der Waals surface area contributed by atoms with Gasteiger partial charge >= 0.3 is 0 Å². The molecule has 2 aromatic rings. The zero-order valence-electron chi connectivity index (χ0n) is 11.9. The van der Waals surface area contributed by atoms with Crippen LogP contribution in [-0.4, -0.2) is 23.9 Å². The van der Waals surface area contributed by atoms with E-state index in [9.17, 15) is 4.39 Å². The minimum Gasteiger partial charge on any atom is -0.480 e. The summed E-state index contributed by atoms with van der Waals surface area (Å²) >= 11 is 3.38. The number of hydrogen-bond acceptors (Lipinski definition) is 4. The molecule has 1 aromatic carbocycles. The van der Waals surface area contributed by atoms with Gasteiger partial charge in [0, 0.05) is 16.1 Å². The first-order chi connectivity index (χ1) is 10.2. The highest BCUT2D eigenvalue weighted by atomic mass is 79.9. The van der Waals surface area contributed by atoms with Crippen molar-refractivity contribution in [2.45, 2.75) is 19.4 Å². The molecule has 1 aromatic heterocycles. The zero-order chi connectivity index (χ0) is 15.2. The first kappa shape index (κ1) is 15.9. The average Bonchev–Trinajstić information content (AvgIpc) is 2.51. The third-order valence-corrected chi connectivity index (χ3v) is 3.53. The molecule has 1 N–H and O–H groups in total. The van der Waals surface area contributed by atoms with Gasteiger partial charge in [-0.05, 0) is 37.2 Å². The van der Waals surface area contributed by atoms with E-state index in [0.717, 1.165) is 17.4 Å². The van der Waals surface area contributed by atoms with Crippen molar-refractivity contribution >= 4 is 15.9 Å². The third-order valence-electron chi connectivity index (χ3n) is 3.03. The second kappa shape index (κ2) is 7.47. The van der Waals surface area contributed by atoms with Gasteiger partial charge in [0.05, 0.1) is 18.8 Å². The van der Waals surface area contributed by atoms with Gasteiger partial charge in [0.2, 0.25) is 5.88 Å². The lowest BCUT2D eigenvalue weighted by Gasteiger charge is -2.19. The number of ether oxygens (including phenoxy) is 1. The first-order valence-corrected chi connectivity index (χ1v) is 7.51. The van der Waals surface area contributed by atoms with Gasteiger partial charge in [0.15, 0.2) is 0 Å². The van der Waals surface area contributed by atoms with E-state index in [1.807, 2.05) is 0 Å². The fraction of sp³-hybridized carbons (Fsp3) is 0.333. The summed E-state index contributed by atoms with van der Waals surface area (Å²) in [5.41, 5.74) is 1.19. The summed E-state index contributed by atoms with van der Waals surface area (Å²) in [6.45, 7) is 2.81. The van der Waals surface area contributed by atoms with Crippen LogP contribution in [-0.2, 0) is 0 Å². The summed E-state index contributed by atoms with van der Waals surface area (Å²) < 4.78 is 20.0. The van der Waals surface area contributed by atoms with Gasteiger partial charge in [-0.3, -0.25) is 0 Å². The maximum Gasteiger partial charge on any atom is 0.233 e. The molecule has 0 amide bonds. The summed E-state index contributed by atoms with van der Waals surface area (Å²) in [5.74, 6) is 0.159. The maximum atomic E-state index is 14.1. The average molecular weight is 354 g/mol. The molecule has 1 atom stereocenters. The molecule has 0 bridgehead atoms. The number of hydrogen-bond donors (Lipinski definition) is 1. The Balaban J connectivity index is 2.38. The number of benzene rings is 1. The Morgan fingerprint density at radius 2 is 2.10 bits per heavy atom. The smallest absolute Gasteiger partial charge is 0.233 e. The van der Waals surface area contributed by atoms with Crippen LogP contribution in [0.4, 0.5) is 4.39 Å². The van der Waals surface area contributed by atoms with Crippen LogP contribution >= 0.6 is 15.9 Å². The van der Waals surface area contributed by atoms with Crippen molar-refractivity contribution < 1.29 is 9.13 Å². The van der Waals surface area contributed by atoms with Gasteiger partial charge in [-0.25, -0.2) is 4.39 Å². The second-order valence-corrected chi connectivity index (χ2v) is 5.47. The van der Waals surface area contributed by atoms with E-state index in [1.165, 1.54) is 13.2 Å². The minimum absolute atomic E-state index is 0.274. The van der Waals surface area contributed by atoms with E-state index in [2.05, 4.69) is 38.4 Å². The van der Waals surface area contributed by atoms with Gasteiger partial charge in [-0.15, -0.1) is 10.2 Å². The topological polar surface area (TPSA) is 47.0 Å². The Hall–Kier alpha value is -1.53. The van der Waals surface area contributed by atoms with Crippen molar-refractivity contribution in [3.05, 3.63) is 51.9 Å². The van der Waals surface area contributed by atoms with Crippen molar-refractivity contribution in [2.75, 3.05) is 13.7 Å². The SMILES string of the molecule is CCCNC(c1ccc(OC)nn1)c1cc(Br)ccc1F. The first-order valence-electron chi connectivity index (χ1n) is 6.71. The van der Waals surface area contributed by atoms with Crippen molar-refractivity contribution in [3.8, 4) is 5.88 Å². The highest BCUT2D eigenvalue weighted by molar-refractivity contribution is 9.10. The summed E-state index contributed by atoms with van der Waals surface area (Å²) in [6, 6.07) is 8.04. The van der Waals surface area contributed by atoms with Crippen molar-refractivity contribution in [3.63, 3.8) is 0 Å². The Morgan fingerprint density at radius 1 is 1.29 bits per heavy atom. The van der Waals surface area contributed by atoms with E-state index in [0.29, 0.717) is 17.1 Å². The molecule has 1 unspecified atom stereocenters. The predicted octanol–water partition coefficient (Wildman–Crippen LogP) is 3.48. The molecule has 0 saturated heterocycles. The van der Waals surface area contributed by atoms with Crippen molar-refractivity contribution in [1.82, 2.24) is 15.5 Å². The van der Waals surface area contributed by atoms with E-state index in [4.69, 9.17) is 4.74 Å². The van der Waals surface area contributed by atoms with E-state index >= 15 is 0 Å². The molecule has 2 rings (SSSR count). The standard InChI is InChI=1S/C15H17BrFN3O/c1-3-8-18-15(11-9-10(16)4-5-12(11)17)13-6-7-14(21-2)20-19-13/h4-7,9,15,18H,3,8H2,1-2H3. The monoisotopic (exact) mass is 353 g/mol. The highest BCUT2D eigenvalue weighted by Crippen LogP contribution is 2.26. The molecule has 21 heavy (non-hydrogen) atoms. The Labute approximate surface area is 131 Å². The molecular formula is C15H17BrFN3O. The van der Waals surface area contributed by atoms with E-state index in [-0.39, 0.29) is 11.9 Å². The summed E-state index contributed by atoms with van der Waals surface area (Å²) in [5, 5.41) is 11.4. The van der Waals surface area contributed by atoms with Crippen LogP contribution in [0.25, 0.3) is 0 Å². The largest absolute Gasteiger partial charge is 0.480 e. The number of aromatic nitrogens is 2. The molecular weight excluding hydrogens is 337 g/mol. The maximum absolute atomic E-state index is 14.1. The van der Waals surface area contributed by atoms with Crippen LogP contribution in [0, 0.1) is 5.82 Å². The molecule has 0 saturated carbocycles. The summed E-state index contributed by atoms with van der Waals surface area (Å²) in [6.07, 6.45) is 0.940. The van der Waals surface area contributed by atoms with Gasteiger partial charge in [-0.2, -0.15) is 0 Å². The lowest BCUT2D eigenvalue weighted by Crippen LogP contribution is -2.25. The van der Waals surface area contributed by atoms with Gasteiger partial charge in [0.1, 0.15) is 5.82 Å². The summed E-state index contributed by atoms with van der Waals surface area (Å²) in [4.78, 5) is 0. The zero-order valence-corrected chi connectivity index (χ0v) is 13.5. The Kier molecular flexibility index (Phi) is 5.64. The summed E-state index contributed by atoms with van der Waals surface area (Å²) in [7, 11) is 1.53. The number of rotatable bonds is 6. The fourth-order valence-electron chi connectivity index (χ4n) is 1.99. The fourth-order valence-corrected chi connectivity index (χ4v) is 2.37. The van der Waals surface area contributed by atoms with Crippen LogP contribution in [0.3, 0.4) is 0 Å². The molecule has 0 radical (unpaired) electrons. The van der Waals surface area contributed by atoms with E-state index < -0.39 is 0 Å². The van der Waals surface area contributed by atoms with Crippen molar-refractivity contribution in [2.24, 2.45) is 0 Å². The second-order valence-electron chi connectivity index (χ2n) is 4.55. The van der Waals surface area contributed by atoms with Gasteiger partial charge < -0.3 is 10.1 Å². The normalized spacial score (nSPS) is 12.2. The van der Waals surface area contributed by atoms with Crippen molar-refractivity contribution in [1.29, 1.82) is 0 Å². The molecule has 6 heteroatoms. The van der Waals surface area contributed by atoms with Gasteiger partial charge in [0.25, 0.3) is 0 Å². The Morgan fingerprint density at radius 3 is 2.71 bits per heavy atom. The minimum atomic E-state index is -0.346. The number of methoxy groups -OCH3 is 1. The lowest BCUT2D eigenvalue weighted by atomic mass is 10.0. The molecule has 4 nitrogen and oxygen atoms in total. The van der Waals surface area contributed by atoms with Crippen LogP contribution < -0.4 is 10.1 Å². The van der Waals surface area contributed by atoms with E-state index in [1.54, 1.807) is 24.3 Å². The molecule has 0 fully saturated rings. The number of halogens is 2. The molecule has 0 spiro atoms. The Bertz CT molecular complexity index is 592. The molecule has 1 heterocycles. The predicted molar refractivity (Wildman–Crippen MR) is 82.8 cm³/mol. The quantitative estimate of drug-likeness (QED) is 0.863. The molecule has 112 valence electrons. The number of nitrogens with one attached hydrogen (secondary N) is 1. The van der Waals surface area contributed by atoms with Crippen LogP contribution in [0.1, 0.15) is 30.6 Å². The molecule has 0 aliphatic carbocycles. The lowest BCUT2D eigenvalue weighted by molar-refractivity contribution is 0.390. The van der Waals surface area contributed by atoms with Crippen LogP contribution in [0.15, 0.2) is 34.8 Å². The highest BCUT2D eigenvalue weighted by Gasteiger charge is 2.19. The molecule has 0 aliphatic rings. The molecule has 0 aliphatic heterocycles. The van der Waals surface area contributed by atoms with Gasteiger partial charge in [-0.1, -0.05) is 22.9 Å². The third kappa shape index (κ3) is 3.98.